The van der Waals surface area contributed by atoms with Crippen LogP contribution in [0.2, 0.25) is 0 Å². The number of hydrogen-bond donors (Lipinski definition) is 1. The van der Waals surface area contributed by atoms with E-state index in [1.54, 1.807) is 6.92 Å². The number of carbonyl (C=O) groups excluding carboxylic acids is 2. The summed E-state index contributed by atoms with van der Waals surface area (Å²) in [6.45, 7) is 10.7. The Morgan fingerprint density at radius 1 is 1.52 bits per heavy atom. The van der Waals surface area contributed by atoms with Crippen molar-refractivity contribution in [3.8, 4) is 0 Å². The third kappa shape index (κ3) is 8.20. The zero-order valence-electron chi connectivity index (χ0n) is 15.1. The summed E-state index contributed by atoms with van der Waals surface area (Å²) in [6.07, 6.45) is 1.15. The van der Waals surface area contributed by atoms with Crippen LogP contribution in [0.4, 0.5) is 0 Å². The van der Waals surface area contributed by atoms with Gasteiger partial charge in [-0.3, -0.25) is 19.7 Å². The molecule has 0 aromatic rings. The summed E-state index contributed by atoms with van der Waals surface area (Å²) < 4.78 is 4.48. The molecule has 0 saturated carbocycles. The molecule has 1 heterocycles. The fourth-order valence-electron chi connectivity index (χ4n) is 2.47. The van der Waals surface area contributed by atoms with Gasteiger partial charge in [0.15, 0.2) is 0 Å². The Labute approximate surface area is 145 Å². The lowest BCUT2D eigenvalue weighted by Gasteiger charge is -2.18. The fraction of sp³-hybridized carbons (Fsp3) is 0.867. The van der Waals surface area contributed by atoms with Gasteiger partial charge in [-0.1, -0.05) is 13.8 Å². The number of esters is 1. The van der Waals surface area contributed by atoms with Gasteiger partial charge in [-0.2, -0.15) is 13.5 Å². The predicted octanol–water partition coefficient (Wildman–Crippen LogP) is 2.27. The number of amides is 1. The Morgan fingerprint density at radius 3 is 2.22 bits per heavy atom. The van der Waals surface area contributed by atoms with E-state index in [1.807, 2.05) is 6.92 Å². The van der Waals surface area contributed by atoms with E-state index in [2.05, 4.69) is 23.9 Å². The summed E-state index contributed by atoms with van der Waals surface area (Å²) >= 11 is 0. The van der Waals surface area contributed by atoms with Crippen LogP contribution in [0.15, 0.2) is 0 Å². The van der Waals surface area contributed by atoms with E-state index in [9.17, 15) is 19.7 Å². The summed E-state index contributed by atoms with van der Waals surface area (Å²) in [6, 6.07) is 0. The minimum absolute atomic E-state index is 0. The van der Waals surface area contributed by atoms with Crippen LogP contribution in [-0.2, 0) is 14.3 Å². The predicted molar refractivity (Wildman–Crippen MR) is 93.3 cm³/mol. The maximum absolute atomic E-state index is 11.0. The first-order valence-corrected chi connectivity index (χ1v) is 7.37. The van der Waals surface area contributed by atoms with Crippen LogP contribution in [-0.4, -0.2) is 35.0 Å². The van der Waals surface area contributed by atoms with Crippen LogP contribution in [0, 0.1) is 22.0 Å². The van der Waals surface area contributed by atoms with Crippen molar-refractivity contribution in [1.82, 2.24) is 5.32 Å². The van der Waals surface area contributed by atoms with Crippen LogP contribution in [0.1, 0.15) is 54.4 Å². The van der Waals surface area contributed by atoms with E-state index in [0.29, 0.717) is 0 Å². The van der Waals surface area contributed by atoms with Crippen LogP contribution in [0.5, 0.6) is 0 Å². The standard InChI is InChI=1S/C8H15NO4.C7H13NO.H2S/c1-6(7(10)13-4)5-8(2,3)9(11)12;1-5-4-7(2,3)8-6(5)9;/h6H,5H2,1-4H3;5H,4H2,1-3H3,(H,8,9);1H2/t6-;5-;/m00./s1. The molecule has 8 heteroatoms. The average Bonchev–Trinajstić information content (AvgIpc) is 2.59. The molecule has 1 rings (SSSR count). The minimum atomic E-state index is -1.08. The third-order valence-electron chi connectivity index (χ3n) is 3.63. The molecule has 1 aliphatic heterocycles. The highest BCUT2D eigenvalue weighted by Gasteiger charge is 2.35. The Kier molecular flexibility index (Phi) is 9.48. The third-order valence-corrected chi connectivity index (χ3v) is 3.63. The first-order valence-electron chi connectivity index (χ1n) is 7.37. The van der Waals surface area contributed by atoms with E-state index in [4.69, 9.17) is 0 Å². The topological polar surface area (TPSA) is 98.5 Å². The van der Waals surface area contributed by atoms with Crippen molar-refractivity contribution >= 4 is 25.4 Å². The molecule has 1 saturated heterocycles. The van der Waals surface area contributed by atoms with E-state index in [0.717, 1.165) is 6.42 Å². The summed E-state index contributed by atoms with van der Waals surface area (Å²) in [5.74, 6) is -0.444. The highest BCUT2D eigenvalue weighted by Crippen LogP contribution is 2.23. The van der Waals surface area contributed by atoms with E-state index in [-0.39, 0.29) is 42.2 Å². The summed E-state index contributed by atoms with van der Waals surface area (Å²) in [4.78, 5) is 32.0. The lowest BCUT2D eigenvalue weighted by molar-refractivity contribution is -0.562. The fourth-order valence-corrected chi connectivity index (χ4v) is 2.47. The maximum atomic E-state index is 11.0. The van der Waals surface area contributed by atoms with Crippen molar-refractivity contribution < 1.29 is 19.2 Å². The highest BCUT2D eigenvalue weighted by molar-refractivity contribution is 7.59. The zero-order valence-corrected chi connectivity index (χ0v) is 16.1. The van der Waals surface area contributed by atoms with E-state index >= 15 is 0 Å². The summed E-state index contributed by atoms with van der Waals surface area (Å²) in [5.41, 5.74) is -1.04. The second-order valence-electron chi connectivity index (χ2n) is 7.18. The molecule has 2 atom stereocenters. The molecule has 23 heavy (non-hydrogen) atoms. The molecule has 0 aliphatic carbocycles. The molecule has 0 aromatic heterocycles. The van der Waals surface area contributed by atoms with Gasteiger partial charge < -0.3 is 10.1 Å². The molecule has 136 valence electrons. The second kappa shape index (κ2) is 9.10. The molecule has 0 unspecified atom stereocenters. The van der Waals surface area contributed by atoms with Crippen molar-refractivity contribution in [3.63, 3.8) is 0 Å². The van der Waals surface area contributed by atoms with Crippen molar-refractivity contribution in [2.45, 2.75) is 65.5 Å². The Morgan fingerprint density at radius 2 is 2.00 bits per heavy atom. The second-order valence-corrected chi connectivity index (χ2v) is 7.18. The van der Waals surface area contributed by atoms with Crippen molar-refractivity contribution in [1.29, 1.82) is 0 Å². The number of nitrogens with one attached hydrogen (secondary N) is 1. The molecule has 0 bridgehead atoms. The molecular weight excluding hydrogens is 320 g/mol. The van der Waals surface area contributed by atoms with Gasteiger partial charge in [0, 0.05) is 36.6 Å². The minimum Gasteiger partial charge on any atom is -0.469 e. The summed E-state index contributed by atoms with van der Waals surface area (Å²) in [7, 11) is 1.28. The van der Waals surface area contributed by atoms with Crippen LogP contribution in [0.25, 0.3) is 0 Å². The molecule has 0 radical (unpaired) electrons. The van der Waals surface area contributed by atoms with Gasteiger partial charge in [0.1, 0.15) is 0 Å². The summed E-state index contributed by atoms with van der Waals surface area (Å²) in [5, 5.41) is 13.4. The van der Waals surface area contributed by atoms with Gasteiger partial charge in [0.25, 0.3) is 0 Å². The van der Waals surface area contributed by atoms with Crippen LogP contribution in [0.3, 0.4) is 0 Å². The molecule has 1 amide bonds. The molecule has 1 fully saturated rings. The molecule has 0 aromatic carbocycles. The lowest BCUT2D eigenvalue weighted by Crippen LogP contribution is -2.35. The largest absolute Gasteiger partial charge is 0.469 e. The van der Waals surface area contributed by atoms with Crippen molar-refractivity contribution in [2.24, 2.45) is 11.8 Å². The van der Waals surface area contributed by atoms with Gasteiger partial charge in [-0.15, -0.1) is 0 Å². The van der Waals surface area contributed by atoms with Gasteiger partial charge in [0.2, 0.25) is 11.4 Å². The van der Waals surface area contributed by atoms with Gasteiger partial charge >= 0.3 is 5.97 Å². The number of carbonyl (C=O) groups is 2. The molecule has 1 N–H and O–H groups in total. The lowest BCUT2D eigenvalue weighted by atomic mass is 9.92. The Bertz CT molecular complexity index is 438. The maximum Gasteiger partial charge on any atom is 0.308 e. The monoisotopic (exact) mass is 350 g/mol. The average molecular weight is 350 g/mol. The first-order chi connectivity index (χ1) is 9.82. The van der Waals surface area contributed by atoms with Crippen molar-refractivity contribution in [2.75, 3.05) is 7.11 Å². The number of nitro groups is 1. The van der Waals surface area contributed by atoms with Gasteiger partial charge in [0.05, 0.1) is 13.0 Å². The zero-order chi connectivity index (χ0) is 17.7. The number of rotatable bonds is 4. The quantitative estimate of drug-likeness (QED) is 0.476. The van der Waals surface area contributed by atoms with Crippen LogP contribution < -0.4 is 5.32 Å². The number of methoxy groups -OCH3 is 1. The van der Waals surface area contributed by atoms with E-state index in [1.165, 1.54) is 21.0 Å². The molecular formula is C15H30N2O5S. The number of ether oxygens (including phenoxy) is 1. The smallest absolute Gasteiger partial charge is 0.308 e. The van der Waals surface area contributed by atoms with E-state index < -0.39 is 17.4 Å². The molecule has 0 spiro atoms. The molecule has 1 aliphatic rings. The first kappa shape index (κ1) is 23.9. The highest BCUT2D eigenvalue weighted by atomic mass is 32.1. The molecule has 7 nitrogen and oxygen atoms in total. The van der Waals surface area contributed by atoms with Crippen LogP contribution >= 0.6 is 13.5 Å². The number of hydrogen-bond acceptors (Lipinski definition) is 5. The van der Waals surface area contributed by atoms with Crippen molar-refractivity contribution in [3.05, 3.63) is 10.1 Å². The Balaban J connectivity index is 0. The Hall–Kier alpha value is -1.31. The van der Waals surface area contributed by atoms with Gasteiger partial charge in [-0.25, -0.2) is 0 Å². The van der Waals surface area contributed by atoms with Gasteiger partial charge in [-0.05, 0) is 20.3 Å². The SMILES string of the molecule is COC(=O)[C@@H](C)CC(C)(C)[N+](=O)[O-].C[C@H]1CC(C)(C)NC1=O.S. The number of nitrogens with zero attached hydrogens (tertiary/aromatic N) is 1. The normalized spacial score (nSPS) is 20.3.